The molecular formula is C12H19N5. The van der Waals surface area contributed by atoms with Crippen molar-refractivity contribution in [2.24, 2.45) is 0 Å². The molecule has 0 aliphatic carbocycles. The lowest BCUT2D eigenvalue weighted by molar-refractivity contribution is 0.588. The molecule has 0 spiro atoms. The molecule has 2 aromatic heterocycles. The molecular weight excluding hydrogens is 214 g/mol. The summed E-state index contributed by atoms with van der Waals surface area (Å²) in [7, 11) is 0. The minimum absolute atomic E-state index is 0.789. The van der Waals surface area contributed by atoms with Crippen molar-refractivity contribution >= 4 is 0 Å². The van der Waals surface area contributed by atoms with Gasteiger partial charge in [0, 0.05) is 36.7 Å². The van der Waals surface area contributed by atoms with Crippen molar-refractivity contribution in [3.63, 3.8) is 0 Å². The zero-order valence-corrected chi connectivity index (χ0v) is 10.4. The number of aromatic amines is 1. The van der Waals surface area contributed by atoms with Crippen molar-refractivity contribution in [3.05, 3.63) is 35.7 Å². The summed E-state index contributed by atoms with van der Waals surface area (Å²) in [5, 5.41) is 10.3. The Bertz CT molecular complexity index is 457. The quantitative estimate of drug-likeness (QED) is 0.797. The Kier molecular flexibility index (Phi) is 3.93. The predicted molar refractivity (Wildman–Crippen MR) is 66.4 cm³/mol. The number of aryl methyl sites for hydroxylation is 2. The van der Waals surface area contributed by atoms with E-state index >= 15 is 0 Å². The van der Waals surface area contributed by atoms with Gasteiger partial charge in [-0.05, 0) is 13.3 Å². The van der Waals surface area contributed by atoms with Gasteiger partial charge >= 0.3 is 0 Å². The average molecular weight is 233 g/mol. The van der Waals surface area contributed by atoms with Gasteiger partial charge in [0.15, 0.2) is 0 Å². The molecule has 0 bridgehead atoms. The monoisotopic (exact) mass is 233 g/mol. The predicted octanol–water partition coefficient (Wildman–Crippen LogP) is 1.61. The SMILES string of the molecule is CCCn1ccnc1CNCc1cn[nH]c1C. The molecule has 2 N–H and O–H groups in total. The minimum Gasteiger partial charge on any atom is -0.334 e. The van der Waals surface area contributed by atoms with E-state index in [9.17, 15) is 0 Å². The van der Waals surface area contributed by atoms with Crippen LogP contribution in [0.1, 0.15) is 30.4 Å². The number of nitrogens with one attached hydrogen (secondary N) is 2. The third kappa shape index (κ3) is 2.94. The van der Waals surface area contributed by atoms with Crippen LogP contribution in [0.4, 0.5) is 0 Å². The van der Waals surface area contributed by atoms with E-state index in [0.29, 0.717) is 0 Å². The zero-order chi connectivity index (χ0) is 12.1. The summed E-state index contributed by atoms with van der Waals surface area (Å²) in [6.45, 7) is 6.84. The molecule has 0 aliphatic rings. The summed E-state index contributed by atoms with van der Waals surface area (Å²) in [6, 6.07) is 0. The van der Waals surface area contributed by atoms with Gasteiger partial charge in [-0.25, -0.2) is 4.98 Å². The van der Waals surface area contributed by atoms with Gasteiger partial charge in [-0.3, -0.25) is 5.10 Å². The van der Waals surface area contributed by atoms with Crippen LogP contribution in [0.3, 0.4) is 0 Å². The molecule has 0 radical (unpaired) electrons. The molecule has 2 heterocycles. The van der Waals surface area contributed by atoms with Crippen LogP contribution < -0.4 is 5.32 Å². The summed E-state index contributed by atoms with van der Waals surface area (Å²) in [4.78, 5) is 4.35. The summed E-state index contributed by atoms with van der Waals surface area (Å²) in [5.41, 5.74) is 2.33. The van der Waals surface area contributed by atoms with Crippen molar-refractivity contribution in [1.82, 2.24) is 25.1 Å². The molecule has 5 heteroatoms. The van der Waals surface area contributed by atoms with E-state index in [1.165, 1.54) is 5.56 Å². The van der Waals surface area contributed by atoms with Gasteiger partial charge in [0.25, 0.3) is 0 Å². The number of aromatic nitrogens is 4. The number of imidazole rings is 1. The highest BCUT2D eigenvalue weighted by atomic mass is 15.1. The highest BCUT2D eigenvalue weighted by Crippen LogP contribution is 2.03. The van der Waals surface area contributed by atoms with E-state index < -0.39 is 0 Å². The van der Waals surface area contributed by atoms with Crippen LogP contribution >= 0.6 is 0 Å². The van der Waals surface area contributed by atoms with E-state index in [-0.39, 0.29) is 0 Å². The van der Waals surface area contributed by atoms with Crippen LogP contribution in [0.2, 0.25) is 0 Å². The lowest BCUT2D eigenvalue weighted by Crippen LogP contribution is -2.16. The molecule has 0 unspecified atom stereocenters. The van der Waals surface area contributed by atoms with E-state index in [1.54, 1.807) is 0 Å². The van der Waals surface area contributed by atoms with Crippen molar-refractivity contribution in [3.8, 4) is 0 Å². The highest BCUT2D eigenvalue weighted by molar-refractivity contribution is 5.13. The molecule has 0 aromatic carbocycles. The van der Waals surface area contributed by atoms with Gasteiger partial charge in [0.2, 0.25) is 0 Å². The fourth-order valence-electron chi connectivity index (χ4n) is 1.81. The summed E-state index contributed by atoms with van der Waals surface area (Å²) >= 11 is 0. The Morgan fingerprint density at radius 2 is 2.29 bits per heavy atom. The Balaban J connectivity index is 1.86. The Hall–Kier alpha value is -1.62. The van der Waals surface area contributed by atoms with E-state index in [4.69, 9.17) is 0 Å². The molecule has 0 saturated heterocycles. The van der Waals surface area contributed by atoms with Crippen LogP contribution in [-0.2, 0) is 19.6 Å². The number of hydrogen-bond acceptors (Lipinski definition) is 3. The van der Waals surface area contributed by atoms with Gasteiger partial charge in [-0.2, -0.15) is 5.10 Å². The molecule has 92 valence electrons. The molecule has 0 aliphatic heterocycles. The third-order valence-corrected chi connectivity index (χ3v) is 2.80. The van der Waals surface area contributed by atoms with Crippen molar-refractivity contribution < 1.29 is 0 Å². The van der Waals surface area contributed by atoms with Gasteiger partial charge in [0.1, 0.15) is 5.82 Å². The van der Waals surface area contributed by atoms with E-state index in [2.05, 4.69) is 32.0 Å². The van der Waals surface area contributed by atoms with Crippen LogP contribution in [0.25, 0.3) is 0 Å². The Labute approximate surface area is 101 Å². The Morgan fingerprint density at radius 3 is 3.00 bits per heavy atom. The highest BCUT2D eigenvalue weighted by Gasteiger charge is 2.03. The smallest absolute Gasteiger partial charge is 0.122 e. The van der Waals surface area contributed by atoms with Crippen LogP contribution in [0, 0.1) is 6.92 Å². The maximum atomic E-state index is 4.35. The molecule has 2 rings (SSSR count). The average Bonchev–Trinajstić information content (AvgIpc) is 2.90. The molecule has 0 fully saturated rings. The van der Waals surface area contributed by atoms with Crippen molar-refractivity contribution in [2.45, 2.75) is 39.9 Å². The van der Waals surface area contributed by atoms with Gasteiger partial charge in [0.05, 0.1) is 12.7 Å². The number of nitrogens with zero attached hydrogens (tertiary/aromatic N) is 3. The third-order valence-electron chi connectivity index (χ3n) is 2.80. The number of rotatable bonds is 6. The first kappa shape index (κ1) is 11.9. The first-order valence-electron chi connectivity index (χ1n) is 6.00. The first-order valence-corrected chi connectivity index (χ1v) is 6.00. The largest absolute Gasteiger partial charge is 0.334 e. The fourth-order valence-corrected chi connectivity index (χ4v) is 1.81. The topological polar surface area (TPSA) is 58.5 Å². The minimum atomic E-state index is 0.789. The molecule has 0 amide bonds. The number of H-pyrrole nitrogens is 1. The summed E-state index contributed by atoms with van der Waals surface area (Å²) in [6.07, 6.45) is 6.88. The van der Waals surface area contributed by atoms with Gasteiger partial charge < -0.3 is 9.88 Å². The van der Waals surface area contributed by atoms with Gasteiger partial charge in [-0.15, -0.1) is 0 Å². The second-order valence-corrected chi connectivity index (χ2v) is 4.16. The number of hydrogen-bond donors (Lipinski definition) is 2. The maximum absolute atomic E-state index is 4.35. The van der Waals surface area contributed by atoms with E-state index in [1.807, 2.05) is 25.5 Å². The lowest BCUT2D eigenvalue weighted by Gasteiger charge is -2.07. The molecule has 5 nitrogen and oxygen atoms in total. The normalized spacial score (nSPS) is 10.9. The zero-order valence-electron chi connectivity index (χ0n) is 10.4. The van der Waals surface area contributed by atoms with E-state index in [0.717, 1.165) is 37.6 Å². The standard InChI is InChI=1S/C12H19N5/c1-3-5-17-6-4-14-12(17)9-13-7-11-8-15-16-10(11)2/h4,6,8,13H,3,5,7,9H2,1-2H3,(H,15,16). The molecule has 2 aromatic rings. The van der Waals surface area contributed by atoms with Crippen LogP contribution in [-0.4, -0.2) is 19.7 Å². The van der Waals surface area contributed by atoms with Gasteiger partial charge in [-0.1, -0.05) is 6.92 Å². The first-order chi connectivity index (χ1) is 8.31. The van der Waals surface area contributed by atoms with Crippen molar-refractivity contribution in [2.75, 3.05) is 0 Å². The summed E-state index contributed by atoms with van der Waals surface area (Å²) in [5.74, 6) is 1.09. The van der Waals surface area contributed by atoms with Crippen LogP contribution in [0.5, 0.6) is 0 Å². The van der Waals surface area contributed by atoms with Crippen LogP contribution in [0.15, 0.2) is 18.6 Å². The Morgan fingerprint density at radius 1 is 1.41 bits per heavy atom. The lowest BCUT2D eigenvalue weighted by atomic mass is 10.2. The molecule has 0 atom stereocenters. The molecule has 0 saturated carbocycles. The fraction of sp³-hybridized carbons (Fsp3) is 0.500. The second-order valence-electron chi connectivity index (χ2n) is 4.16. The molecule has 17 heavy (non-hydrogen) atoms. The second kappa shape index (κ2) is 5.63. The van der Waals surface area contributed by atoms with Crippen molar-refractivity contribution in [1.29, 1.82) is 0 Å². The summed E-state index contributed by atoms with van der Waals surface area (Å²) < 4.78 is 2.19. The maximum Gasteiger partial charge on any atom is 0.122 e.